The number of nitrogens with two attached hydrogens (primary N) is 1. The predicted molar refractivity (Wildman–Crippen MR) is 73.8 cm³/mol. The highest BCUT2D eigenvalue weighted by Gasteiger charge is 2.14. The van der Waals surface area contributed by atoms with Crippen molar-refractivity contribution in [2.45, 2.75) is 19.9 Å². The molecule has 0 saturated carbocycles. The lowest BCUT2D eigenvalue weighted by Gasteiger charge is -2.11. The number of carbonyl (C=O) groups excluding carboxylic acids is 1. The Kier molecular flexibility index (Phi) is 3.39. The van der Waals surface area contributed by atoms with Gasteiger partial charge in [0.15, 0.2) is 0 Å². The van der Waals surface area contributed by atoms with Crippen LogP contribution in [0.25, 0.3) is 10.8 Å². The molecule has 2 aromatic rings. The minimum atomic E-state index is -0.211. The first-order valence-electron chi connectivity index (χ1n) is 5.64. The molecule has 0 saturated heterocycles. The van der Waals surface area contributed by atoms with E-state index < -0.39 is 0 Å². The van der Waals surface area contributed by atoms with Crippen LogP contribution in [0.2, 0.25) is 5.02 Å². The van der Waals surface area contributed by atoms with E-state index in [1.165, 1.54) is 0 Å². The van der Waals surface area contributed by atoms with Crippen molar-refractivity contribution in [2.75, 3.05) is 5.73 Å². The van der Waals surface area contributed by atoms with Gasteiger partial charge in [-0.05, 0) is 26.0 Å². The molecule has 0 aliphatic rings. The summed E-state index contributed by atoms with van der Waals surface area (Å²) in [6, 6.07) is 5.24. The first kappa shape index (κ1) is 12.6. The zero-order chi connectivity index (χ0) is 13.3. The average Bonchev–Trinajstić information content (AvgIpc) is 2.32. The van der Waals surface area contributed by atoms with Crippen molar-refractivity contribution < 1.29 is 4.79 Å². The third-order valence-electron chi connectivity index (χ3n) is 2.57. The number of anilines is 1. The summed E-state index contributed by atoms with van der Waals surface area (Å²) in [6.07, 6.45) is 1.56. The van der Waals surface area contributed by atoms with Crippen LogP contribution in [0.4, 0.5) is 5.69 Å². The lowest BCUT2D eigenvalue weighted by atomic mass is 10.1. The summed E-state index contributed by atoms with van der Waals surface area (Å²) in [5, 5.41) is 4.73. The van der Waals surface area contributed by atoms with E-state index in [4.69, 9.17) is 17.3 Å². The van der Waals surface area contributed by atoms with Crippen molar-refractivity contribution in [3.8, 4) is 0 Å². The van der Waals surface area contributed by atoms with Crippen LogP contribution in [0, 0.1) is 0 Å². The van der Waals surface area contributed by atoms with E-state index in [-0.39, 0.29) is 11.9 Å². The van der Waals surface area contributed by atoms with E-state index >= 15 is 0 Å². The summed E-state index contributed by atoms with van der Waals surface area (Å²) in [5.74, 6) is -0.211. The highest BCUT2D eigenvalue weighted by Crippen LogP contribution is 2.29. The Morgan fingerprint density at radius 3 is 2.72 bits per heavy atom. The standard InChI is InChI=1S/C13H14ClN3O/c1-7(2)17-13(18)12-9-3-4-10(14)11(15)8(9)5-6-16-12/h3-7H,15H2,1-2H3,(H,17,18). The summed E-state index contributed by atoms with van der Waals surface area (Å²) in [6.45, 7) is 3.79. The van der Waals surface area contributed by atoms with Gasteiger partial charge in [0.05, 0.1) is 10.7 Å². The normalized spacial score (nSPS) is 10.9. The number of nitrogen functional groups attached to an aromatic ring is 1. The average molecular weight is 264 g/mol. The van der Waals surface area contributed by atoms with Gasteiger partial charge in [0.1, 0.15) is 5.69 Å². The maximum absolute atomic E-state index is 12.0. The highest BCUT2D eigenvalue weighted by atomic mass is 35.5. The molecule has 0 radical (unpaired) electrons. The van der Waals surface area contributed by atoms with E-state index in [0.29, 0.717) is 21.8 Å². The second-order valence-electron chi connectivity index (χ2n) is 4.34. The molecule has 3 N–H and O–H groups in total. The van der Waals surface area contributed by atoms with Crippen molar-refractivity contribution in [1.82, 2.24) is 10.3 Å². The summed E-state index contributed by atoms with van der Waals surface area (Å²) in [4.78, 5) is 16.1. The Bertz CT molecular complexity index is 610. The molecule has 0 fully saturated rings. The second kappa shape index (κ2) is 4.82. The van der Waals surface area contributed by atoms with Crippen LogP contribution < -0.4 is 11.1 Å². The third kappa shape index (κ3) is 2.24. The molecule has 2 rings (SSSR count). The van der Waals surface area contributed by atoms with E-state index in [1.807, 2.05) is 13.8 Å². The van der Waals surface area contributed by atoms with Crippen molar-refractivity contribution in [1.29, 1.82) is 0 Å². The molecular formula is C13H14ClN3O. The van der Waals surface area contributed by atoms with Gasteiger partial charge >= 0.3 is 0 Å². The number of nitrogens with zero attached hydrogens (tertiary/aromatic N) is 1. The molecule has 18 heavy (non-hydrogen) atoms. The Balaban J connectivity index is 2.59. The van der Waals surface area contributed by atoms with Crippen LogP contribution in [0.15, 0.2) is 24.4 Å². The van der Waals surface area contributed by atoms with E-state index in [0.717, 1.165) is 5.39 Å². The number of aromatic nitrogens is 1. The molecule has 1 heterocycles. The Morgan fingerprint density at radius 2 is 2.06 bits per heavy atom. The van der Waals surface area contributed by atoms with Crippen molar-refractivity contribution >= 4 is 34.0 Å². The van der Waals surface area contributed by atoms with Crippen LogP contribution in [-0.4, -0.2) is 16.9 Å². The molecule has 1 aromatic carbocycles. The molecule has 0 atom stereocenters. The van der Waals surface area contributed by atoms with Gasteiger partial charge in [-0.25, -0.2) is 0 Å². The fourth-order valence-electron chi connectivity index (χ4n) is 1.76. The largest absolute Gasteiger partial charge is 0.397 e. The number of nitrogens with one attached hydrogen (secondary N) is 1. The number of hydrogen-bond donors (Lipinski definition) is 2. The fraction of sp³-hybridized carbons (Fsp3) is 0.231. The van der Waals surface area contributed by atoms with Gasteiger partial charge in [-0.2, -0.15) is 0 Å². The van der Waals surface area contributed by atoms with Crippen molar-refractivity contribution in [3.05, 3.63) is 35.1 Å². The quantitative estimate of drug-likeness (QED) is 0.819. The molecule has 94 valence electrons. The number of amides is 1. The minimum absolute atomic E-state index is 0.0548. The number of benzene rings is 1. The lowest BCUT2D eigenvalue weighted by molar-refractivity contribution is 0.0940. The van der Waals surface area contributed by atoms with Crippen LogP contribution in [0.5, 0.6) is 0 Å². The lowest BCUT2D eigenvalue weighted by Crippen LogP contribution is -2.30. The van der Waals surface area contributed by atoms with E-state index in [1.54, 1.807) is 24.4 Å². The summed E-state index contributed by atoms with van der Waals surface area (Å²) in [5.41, 5.74) is 6.73. The zero-order valence-corrected chi connectivity index (χ0v) is 11.0. The first-order valence-corrected chi connectivity index (χ1v) is 6.02. The van der Waals surface area contributed by atoms with Crippen molar-refractivity contribution in [2.24, 2.45) is 0 Å². The second-order valence-corrected chi connectivity index (χ2v) is 4.75. The number of rotatable bonds is 2. The van der Waals surface area contributed by atoms with Crippen LogP contribution in [0.1, 0.15) is 24.3 Å². The molecule has 4 nitrogen and oxygen atoms in total. The molecule has 1 amide bonds. The van der Waals surface area contributed by atoms with Crippen LogP contribution in [-0.2, 0) is 0 Å². The third-order valence-corrected chi connectivity index (χ3v) is 2.90. The highest BCUT2D eigenvalue weighted by molar-refractivity contribution is 6.34. The Hall–Kier alpha value is -1.81. The molecule has 0 unspecified atom stereocenters. The monoisotopic (exact) mass is 263 g/mol. The minimum Gasteiger partial charge on any atom is -0.397 e. The Labute approximate surface area is 110 Å². The van der Waals surface area contributed by atoms with Gasteiger partial charge in [-0.3, -0.25) is 9.78 Å². The predicted octanol–water partition coefficient (Wildman–Crippen LogP) is 2.61. The molecular weight excluding hydrogens is 250 g/mol. The van der Waals surface area contributed by atoms with E-state index in [9.17, 15) is 4.79 Å². The molecule has 5 heteroatoms. The van der Waals surface area contributed by atoms with Gasteiger partial charge in [0.25, 0.3) is 5.91 Å². The molecule has 0 bridgehead atoms. The number of fused-ring (bicyclic) bond motifs is 1. The Morgan fingerprint density at radius 1 is 1.33 bits per heavy atom. The fourth-order valence-corrected chi connectivity index (χ4v) is 1.93. The smallest absolute Gasteiger partial charge is 0.270 e. The summed E-state index contributed by atoms with van der Waals surface area (Å²) < 4.78 is 0. The SMILES string of the molecule is CC(C)NC(=O)c1nccc2c(N)c(Cl)ccc12. The maximum Gasteiger partial charge on any atom is 0.270 e. The summed E-state index contributed by atoms with van der Waals surface area (Å²) >= 11 is 5.96. The van der Waals surface area contributed by atoms with Gasteiger partial charge in [0, 0.05) is 23.0 Å². The van der Waals surface area contributed by atoms with Gasteiger partial charge < -0.3 is 11.1 Å². The van der Waals surface area contributed by atoms with Crippen LogP contribution in [0.3, 0.4) is 0 Å². The van der Waals surface area contributed by atoms with Gasteiger partial charge in [-0.1, -0.05) is 17.7 Å². The zero-order valence-electron chi connectivity index (χ0n) is 10.2. The molecule has 0 aliphatic carbocycles. The first-order chi connectivity index (χ1) is 8.50. The van der Waals surface area contributed by atoms with Crippen LogP contribution >= 0.6 is 11.6 Å². The topological polar surface area (TPSA) is 68.0 Å². The van der Waals surface area contributed by atoms with Gasteiger partial charge in [0.2, 0.25) is 0 Å². The molecule has 0 aliphatic heterocycles. The summed E-state index contributed by atoms with van der Waals surface area (Å²) in [7, 11) is 0. The number of halogens is 1. The maximum atomic E-state index is 12.0. The number of carbonyl (C=O) groups is 1. The number of pyridine rings is 1. The van der Waals surface area contributed by atoms with Crippen molar-refractivity contribution in [3.63, 3.8) is 0 Å². The molecule has 1 aromatic heterocycles. The molecule has 0 spiro atoms. The van der Waals surface area contributed by atoms with Gasteiger partial charge in [-0.15, -0.1) is 0 Å². The number of hydrogen-bond acceptors (Lipinski definition) is 3. The van der Waals surface area contributed by atoms with E-state index in [2.05, 4.69) is 10.3 Å².